The molecule has 0 aliphatic rings. The summed E-state index contributed by atoms with van der Waals surface area (Å²) in [4.78, 5) is 8.44. The van der Waals surface area contributed by atoms with Crippen molar-refractivity contribution in [2.75, 3.05) is 0 Å². The molecule has 0 unspecified atom stereocenters. The van der Waals surface area contributed by atoms with Crippen molar-refractivity contribution in [3.63, 3.8) is 0 Å². The fraction of sp³-hybridized carbons (Fsp3) is 0.0500. The van der Waals surface area contributed by atoms with Crippen LogP contribution < -0.4 is 0 Å². The number of hydrogen-bond donors (Lipinski definition) is 0. The first-order chi connectivity index (χ1) is 11.9. The topological polar surface area (TPSA) is 51.8 Å². The van der Waals surface area contributed by atoms with Gasteiger partial charge in [-0.3, -0.25) is 4.98 Å². The maximum absolute atomic E-state index is 5.36. The van der Waals surface area contributed by atoms with Gasteiger partial charge >= 0.3 is 0 Å². The molecule has 0 fully saturated rings. The lowest BCUT2D eigenvalue weighted by Gasteiger charge is -2.02. The van der Waals surface area contributed by atoms with E-state index in [1.165, 1.54) is 11.1 Å². The standard InChI is InChI=1S/C20H15N3O/c1-2-4-16(5-3-1)17-8-6-15(7-9-17)14-19-22-20(23-24-19)18-10-12-21-13-11-18/h1-13H,14H2. The van der Waals surface area contributed by atoms with Crippen molar-refractivity contribution in [1.82, 2.24) is 15.1 Å². The summed E-state index contributed by atoms with van der Waals surface area (Å²) in [5.41, 5.74) is 4.45. The highest BCUT2D eigenvalue weighted by molar-refractivity contribution is 5.63. The normalized spacial score (nSPS) is 10.7. The Hall–Kier alpha value is -3.27. The van der Waals surface area contributed by atoms with Gasteiger partial charge in [-0.05, 0) is 28.8 Å². The maximum atomic E-state index is 5.36. The third kappa shape index (κ3) is 3.08. The minimum absolute atomic E-state index is 0.591. The number of aromatic nitrogens is 3. The lowest BCUT2D eigenvalue weighted by Crippen LogP contribution is -1.89. The number of hydrogen-bond acceptors (Lipinski definition) is 4. The van der Waals surface area contributed by atoms with Crippen molar-refractivity contribution in [2.24, 2.45) is 0 Å². The Bertz CT molecular complexity index is 916. The molecule has 0 atom stereocenters. The second-order valence-electron chi connectivity index (χ2n) is 5.49. The Morgan fingerprint density at radius 1 is 0.708 bits per heavy atom. The van der Waals surface area contributed by atoms with Crippen LogP contribution in [0.2, 0.25) is 0 Å². The predicted octanol–water partition coefficient (Wildman–Crippen LogP) is 4.39. The van der Waals surface area contributed by atoms with E-state index in [0.29, 0.717) is 18.1 Å². The Labute approximate surface area is 139 Å². The van der Waals surface area contributed by atoms with E-state index >= 15 is 0 Å². The number of rotatable bonds is 4. The smallest absolute Gasteiger partial charge is 0.231 e. The Kier molecular flexibility index (Phi) is 3.86. The van der Waals surface area contributed by atoms with Crippen LogP contribution in [0.3, 0.4) is 0 Å². The minimum atomic E-state index is 0.591. The van der Waals surface area contributed by atoms with E-state index in [1.54, 1.807) is 12.4 Å². The lowest BCUT2D eigenvalue weighted by atomic mass is 10.0. The van der Waals surface area contributed by atoms with Gasteiger partial charge in [-0.25, -0.2) is 0 Å². The van der Waals surface area contributed by atoms with Crippen molar-refractivity contribution in [2.45, 2.75) is 6.42 Å². The molecule has 0 bridgehead atoms. The lowest BCUT2D eigenvalue weighted by molar-refractivity contribution is 0.385. The largest absolute Gasteiger partial charge is 0.339 e. The van der Waals surface area contributed by atoms with E-state index in [9.17, 15) is 0 Å². The van der Waals surface area contributed by atoms with Crippen molar-refractivity contribution in [1.29, 1.82) is 0 Å². The molecule has 4 rings (SSSR count). The fourth-order valence-electron chi connectivity index (χ4n) is 2.57. The maximum Gasteiger partial charge on any atom is 0.231 e. The van der Waals surface area contributed by atoms with Gasteiger partial charge in [-0.1, -0.05) is 59.8 Å². The zero-order valence-electron chi connectivity index (χ0n) is 13.0. The summed E-state index contributed by atoms with van der Waals surface area (Å²) < 4.78 is 5.36. The van der Waals surface area contributed by atoms with Crippen LogP contribution in [0.1, 0.15) is 11.5 Å². The van der Waals surface area contributed by atoms with Crippen molar-refractivity contribution in [3.05, 3.63) is 90.6 Å². The first kappa shape index (κ1) is 14.3. The summed E-state index contributed by atoms with van der Waals surface area (Å²) in [7, 11) is 0. The first-order valence-corrected chi connectivity index (χ1v) is 7.76. The number of pyridine rings is 1. The number of benzene rings is 2. The van der Waals surface area contributed by atoms with E-state index in [0.717, 1.165) is 11.1 Å². The van der Waals surface area contributed by atoms with Gasteiger partial charge in [-0.15, -0.1) is 0 Å². The molecule has 4 nitrogen and oxygen atoms in total. The van der Waals surface area contributed by atoms with Gasteiger partial charge < -0.3 is 4.52 Å². The molecule has 2 aromatic heterocycles. The Morgan fingerprint density at radius 2 is 1.42 bits per heavy atom. The first-order valence-electron chi connectivity index (χ1n) is 7.76. The summed E-state index contributed by atoms with van der Waals surface area (Å²) in [6, 6.07) is 22.5. The second kappa shape index (κ2) is 6.46. The molecular formula is C20H15N3O. The molecule has 0 N–H and O–H groups in total. The Balaban J connectivity index is 1.51. The molecule has 2 aromatic carbocycles. The molecule has 0 aliphatic heterocycles. The molecule has 116 valence electrons. The van der Waals surface area contributed by atoms with Crippen LogP contribution >= 0.6 is 0 Å². The minimum Gasteiger partial charge on any atom is -0.339 e. The SMILES string of the molecule is c1ccc(-c2ccc(Cc3nc(-c4ccncc4)no3)cc2)cc1. The molecule has 0 saturated carbocycles. The van der Waals surface area contributed by atoms with Gasteiger partial charge in [0.2, 0.25) is 11.7 Å². The summed E-state index contributed by atoms with van der Waals surface area (Å²) in [5, 5.41) is 4.03. The molecule has 0 saturated heterocycles. The van der Waals surface area contributed by atoms with Gasteiger partial charge in [0.15, 0.2) is 0 Å². The van der Waals surface area contributed by atoms with Gasteiger partial charge in [-0.2, -0.15) is 4.98 Å². The van der Waals surface area contributed by atoms with Crippen LogP contribution in [0.25, 0.3) is 22.5 Å². The fourth-order valence-corrected chi connectivity index (χ4v) is 2.57. The molecule has 0 spiro atoms. The van der Waals surface area contributed by atoms with E-state index in [2.05, 4.69) is 51.5 Å². The monoisotopic (exact) mass is 313 g/mol. The van der Waals surface area contributed by atoms with Crippen molar-refractivity contribution < 1.29 is 4.52 Å². The van der Waals surface area contributed by atoms with Gasteiger partial charge in [0.25, 0.3) is 0 Å². The molecule has 0 aliphatic carbocycles. The molecule has 0 amide bonds. The molecule has 0 radical (unpaired) electrons. The van der Waals surface area contributed by atoms with Crippen molar-refractivity contribution in [3.8, 4) is 22.5 Å². The third-order valence-electron chi connectivity index (χ3n) is 3.82. The van der Waals surface area contributed by atoms with Crippen LogP contribution in [0, 0.1) is 0 Å². The second-order valence-corrected chi connectivity index (χ2v) is 5.49. The summed E-state index contributed by atoms with van der Waals surface area (Å²) in [6.07, 6.45) is 4.05. The van der Waals surface area contributed by atoms with E-state index in [4.69, 9.17) is 4.52 Å². The molecule has 4 aromatic rings. The van der Waals surface area contributed by atoms with Gasteiger partial charge in [0, 0.05) is 18.0 Å². The van der Waals surface area contributed by atoms with Crippen LogP contribution in [-0.2, 0) is 6.42 Å². The molecule has 2 heterocycles. The summed E-state index contributed by atoms with van der Waals surface area (Å²) >= 11 is 0. The highest BCUT2D eigenvalue weighted by Crippen LogP contribution is 2.21. The highest BCUT2D eigenvalue weighted by Gasteiger charge is 2.09. The van der Waals surface area contributed by atoms with E-state index in [1.807, 2.05) is 30.3 Å². The average molecular weight is 313 g/mol. The third-order valence-corrected chi connectivity index (χ3v) is 3.82. The van der Waals surface area contributed by atoms with E-state index < -0.39 is 0 Å². The van der Waals surface area contributed by atoms with Gasteiger partial charge in [0.05, 0.1) is 6.42 Å². The predicted molar refractivity (Wildman–Crippen MR) is 92.2 cm³/mol. The molecular weight excluding hydrogens is 298 g/mol. The molecule has 4 heteroatoms. The van der Waals surface area contributed by atoms with Crippen molar-refractivity contribution >= 4 is 0 Å². The van der Waals surface area contributed by atoms with Gasteiger partial charge in [0.1, 0.15) is 0 Å². The van der Waals surface area contributed by atoms with E-state index in [-0.39, 0.29) is 0 Å². The van der Waals surface area contributed by atoms with Crippen LogP contribution in [0.5, 0.6) is 0 Å². The quantitative estimate of drug-likeness (QED) is 0.561. The number of nitrogens with zero attached hydrogens (tertiary/aromatic N) is 3. The summed E-state index contributed by atoms with van der Waals surface area (Å²) in [6.45, 7) is 0. The highest BCUT2D eigenvalue weighted by atomic mass is 16.5. The summed E-state index contributed by atoms with van der Waals surface area (Å²) in [5.74, 6) is 1.20. The zero-order chi connectivity index (χ0) is 16.2. The van der Waals surface area contributed by atoms with Crippen LogP contribution in [0.15, 0.2) is 83.6 Å². The van der Waals surface area contributed by atoms with Crippen LogP contribution in [0.4, 0.5) is 0 Å². The molecule has 24 heavy (non-hydrogen) atoms. The Morgan fingerprint density at radius 3 is 2.17 bits per heavy atom. The average Bonchev–Trinajstić information content (AvgIpc) is 3.12. The van der Waals surface area contributed by atoms with Crippen LogP contribution in [-0.4, -0.2) is 15.1 Å². The zero-order valence-corrected chi connectivity index (χ0v) is 13.0.